The standard InChI is InChI=1S/C29H29FN6O2/c30-19-13-18-16-35(29(38)33-9-6-20(31)7-10-33)12-11-34-17-23(22(14-19)28(18)34)27-21(4-5-25(27)37)24-15-32-26-3-1-2-8-36(24)26/h1-3,8,13-15,17,20H,4-7,9-12,16,31H2. The molecule has 1 saturated heterocycles. The maximum Gasteiger partial charge on any atom is 0.320 e. The number of halogens is 1. The fourth-order valence-electron chi connectivity index (χ4n) is 6.33. The van der Waals surface area contributed by atoms with Crippen LogP contribution in [0.15, 0.2) is 48.9 Å². The molecular weight excluding hydrogens is 483 g/mol. The third kappa shape index (κ3) is 3.64. The van der Waals surface area contributed by atoms with Crippen molar-refractivity contribution in [2.45, 2.75) is 44.8 Å². The van der Waals surface area contributed by atoms with Crippen LogP contribution in [0.4, 0.5) is 9.18 Å². The Morgan fingerprint density at radius 2 is 1.89 bits per heavy atom. The lowest BCUT2D eigenvalue weighted by Crippen LogP contribution is -2.49. The molecule has 1 aromatic carbocycles. The third-order valence-corrected chi connectivity index (χ3v) is 8.25. The summed E-state index contributed by atoms with van der Waals surface area (Å²) in [6, 6.07) is 8.99. The molecule has 3 aromatic heterocycles. The zero-order valence-corrected chi connectivity index (χ0v) is 21.1. The Bertz CT molecular complexity index is 1640. The first-order valence-electron chi connectivity index (χ1n) is 13.3. The lowest BCUT2D eigenvalue weighted by Gasteiger charge is -2.34. The second-order valence-corrected chi connectivity index (χ2v) is 10.6. The summed E-state index contributed by atoms with van der Waals surface area (Å²) < 4.78 is 19.2. The van der Waals surface area contributed by atoms with Gasteiger partial charge in [0, 0.05) is 74.1 Å². The van der Waals surface area contributed by atoms with Gasteiger partial charge in [-0.2, -0.15) is 0 Å². The van der Waals surface area contributed by atoms with E-state index in [-0.39, 0.29) is 23.7 Å². The van der Waals surface area contributed by atoms with Crippen molar-refractivity contribution in [3.8, 4) is 0 Å². The van der Waals surface area contributed by atoms with E-state index < -0.39 is 0 Å². The Morgan fingerprint density at radius 1 is 1.05 bits per heavy atom. The number of Topliss-reactive ketones (excluding diaryl/α,β-unsaturated/α-hetero) is 1. The van der Waals surface area contributed by atoms with Crippen LogP contribution in [0, 0.1) is 5.82 Å². The zero-order chi connectivity index (χ0) is 26.0. The van der Waals surface area contributed by atoms with Gasteiger partial charge in [0.2, 0.25) is 0 Å². The molecule has 3 aliphatic rings. The summed E-state index contributed by atoms with van der Waals surface area (Å²) in [4.78, 5) is 34.8. The first-order chi connectivity index (χ1) is 18.5. The van der Waals surface area contributed by atoms with Gasteiger partial charge in [0.25, 0.3) is 0 Å². The summed E-state index contributed by atoms with van der Waals surface area (Å²) in [5, 5.41) is 0.717. The van der Waals surface area contributed by atoms with E-state index in [2.05, 4.69) is 9.55 Å². The number of carbonyl (C=O) groups excluding carboxylic acids is 2. The second-order valence-electron chi connectivity index (χ2n) is 10.6. The molecule has 2 N–H and O–H groups in total. The van der Waals surface area contributed by atoms with E-state index in [1.54, 1.807) is 0 Å². The number of urea groups is 1. The number of carbonyl (C=O) groups is 2. The van der Waals surface area contributed by atoms with Gasteiger partial charge in [-0.3, -0.25) is 9.20 Å². The van der Waals surface area contributed by atoms with Crippen molar-refractivity contribution in [2.75, 3.05) is 19.6 Å². The van der Waals surface area contributed by atoms with E-state index in [0.29, 0.717) is 51.1 Å². The summed E-state index contributed by atoms with van der Waals surface area (Å²) >= 11 is 0. The number of pyridine rings is 1. The van der Waals surface area contributed by atoms with Crippen LogP contribution in [0.1, 0.15) is 42.5 Å². The van der Waals surface area contributed by atoms with Gasteiger partial charge in [-0.1, -0.05) is 6.07 Å². The van der Waals surface area contributed by atoms with Gasteiger partial charge in [-0.05, 0) is 54.7 Å². The number of amides is 2. The van der Waals surface area contributed by atoms with Crippen molar-refractivity contribution in [2.24, 2.45) is 5.73 Å². The predicted octanol–water partition coefficient (Wildman–Crippen LogP) is 4.06. The lowest BCUT2D eigenvalue weighted by atomic mass is 9.98. The Labute approximate surface area is 219 Å². The fourth-order valence-corrected chi connectivity index (χ4v) is 6.33. The minimum atomic E-state index is -0.368. The molecule has 8 nitrogen and oxygen atoms in total. The number of likely N-dealkylation sites (tertiary alicyclic amines) is 1. The molecule has 1 fully saturated rings. The van der Waals surface area contributed by atoms with Gasteiger partial charge in [0.05, 0.1) is 17.4 Å². The van der Waals surface area contributed by atoms with Crippen LogP contribution < -0.4 is 5.73 Å². The largest absolute Gasteiger partial charge is 0.345 e. The number of aromatic nitrogens is 3. The average Bonchev–Trinajstić information content (AvgIpc) is 3.57. The number of piperidine rings is 1. The Kier molecular flexibility index (Phi) is 5.36. The topological polar surface area (TPSA) is 88.9 Å². The van der Waals surface area contributed by atoms with Gasteiger partial charge in [0.1, 0.15) is 11.5 Å². The Morgan fingerprint density at radius 3 is 2.74 bits per heavy atom. The summed E-state index contributed by atoms with van der Waals surface area (Å²) in [6.07, 6.45) is 8.37. The number of ketones is 1. The quantitative estimate of drug-likeness (QED) is 0.439. The summed E-state index contributed by atoms with van der Waals surface area (Å²) in [5.41, 5.74) is 11.7. The fraction of sp³-hybridized carbons (Fsp3) is 0.345. The number of hydrogen-bond acceptors (Lipinski definition) is 4. The number of nitrogens with two attached hydrogens (primary N) is 1. The van der Waals surface area contributed by atoms with Crippen LogP contribution in [-0.2, 0) is 17.9 Å². The molecule has 0 atom stereocenters. The van der Waals surface area contributed by atoms with Crippen LogP contribution in [0.5, 0.6) is 0 Å². The normalized spacial score (nSPS) is 18.7. The number of hydrogen-bond donors (Lipinski definition) is 1. The highest BCUT2D eigenvalue weighted by Crippen LogP contribution is 2.42. The maximum atomic E-state index is 15.1. The highest BCUT2D eigenvalue weighted by Gasteiger charge is 2.32. The van der Waals surface area contributed by atoms with E-state index in [1.165, 1.54) is 12.1 Å². The van der Waals surface area contributed by atoms with E-state index in [0.717, 1.165) is 51.8 Å². The maximum absolute atomic E-state index is 15.1. The highest BCUT2D eigenvalue weighted by atomic mass is 19.1. The second kappa shape index (κ2) is 8.80. The molecule has 5 heterocycles. The number of allylic oxidation sites excluding steroid dienone is 2. The molecule has 0 bridgehead atoms. The van der Waals surface area contributed by atoms with Gasteiger partial charge in [-0.25, -0.2) is 14.2 Å². The van der Waals surface area contributed by atoms with Gasteiger partial charge in [0.15, 0.2) is 5.78 Å². The summed E-state index contributed by atoms with van der Waals surface area (Å²) in [5.74, 6) is -0.306. The molecule has 0 spiro atoms. The molecule has 194 valence electrons. The molecular formula is C29H29FN6O2. The van der Waals surface area contributed by atoms with Gasteiger partial charge in [-0.15, -0.1) is 0 Å². The molecule has 4 aromatic rings. The van der Waals surface area contributed by atoms with Crippen LogP contribution in [0.3, 0.4) is 0 Å². The Hall–Kier alpha value is -3.98. The Balaban J connectivity index is 1.32. The monoisotopic (exact) mass is 512 g/mol. The third-order valence-electron chi connectivity index (χ3n) is 8.25. The molecule has 9 heteroatoms. The predicted molar refractivity (Wildman–Crippen MR) is 143 cm³/mol. The van der Waals surface area contributed by atoms with Crippen LogP contribution in [0.2, 0.25) is 0 Å². The van der Waals surface area contributed by atoms with Crippen LogP contribution in [0.25, 0.3) is 27.7 Å². The molecule has 2 amide bonds. The zero-order valence-electron chi connectivity index (χ0n) is 21.1. The molecule has 0 radical (unpaired) electrons. The first-order valence-corrected chi connectivity index (χ1v) is 13.3. The lowest BCUT2D eigenvalue weighted by molar-refractivity contribution is -0.113. The van der Waals surface area contributed by atoms with Crippen molar-refractivity contribution in [1.29, 1.82) is 0 Å². The van der Waals surface area contributed by atoms with E-state index in [1.807, 2.05) is 51.0 Å². The minimum Gasteiger partial charge on any atom is -0.345 e. The van der Waals surface area contributed by atoms with E-state index in [4.69, 9.17) is 5.73 Å². The SMILES string of the molecule is NC1CCN(C(=O)N2CCn3cc(C4=C(c5cnc6ccccn56)CCC4=O)c4cc(F)cc(c43)C2)CC1. The smallest absolute Gasteiger partial charge is 0.320 e. The molecule has 2 aliphatic heterocycles. The number of imidazole rings is 1. The van der Waals surface area contributed by atoms with Crippen molar-refractivity contribution < 1.29 is 14.0 Å². The van der Waals surface area contributed by atoms with Crippen LogP contribution in [-0.4, -0.2) is 61.2 Å². The minimum absolute atomic E-state index is 0.0242. The molecule has 0 unspecified atom stereocenters. The number of rotatable bonds is 2. The summed E-state index contributed by atoms with van der Waals surface area (Å²) in [6.45, 7) is 2.70. The van der Waals surface area contributed by atoms with E-state index >= 15 is 4.39 Å². The van der Waals surface area contributed by atoms with Crippen molar-refractivity contribution >= 4 is 39.5 Å². The number of fused-ring (bicyclic) bond motifs is 1. The van der Waals surface area contributed by atoms with Gasteiger partial charge >= 0.3 is 6.03 Å². The number of benzene rings is 1. The van der Waals surface area contributed by atoms with Gasteiger partial charge < -0.3 is 20.1 Å². The molecule has 1 aliphatic carbocycles. The first kappa shape index (κ1) is 23.2. The summed E-state index contributed by atoms with van der Waals surface area (Å²) in [7, 11) is 0. The highest BCUT2D eigenvalue weighted by molar-refractivity contribution is 6.33. The average molecular weight is 513 g/mol. The molecule has 7 rings (SSSR count). The molecule has 38 heavy (non-hydrogen) atoms. The van der Waals surface area contributed by atoms with E-state index in [9.17, 15) is 9.59 Å². The van der Waals surface area contributed by atoms with Crippen molar-refractivity contribution in [3.05, 3.63) is 71.6 Å². The molecule has 0 saturated carbocycles. The van der Waals surface area contributed by atoms with Crippen molar-refractivity contribution in [1.82, 2.24) is 23.8 Å². The van der Waals surface area contributed by atoms with Crippen molar-refractivity contribution in [3.63, 3.8) is 0 Å². The van der Waals surface area contributed by atoms with Crippen LogP contribution >= 0.6 is 0 Å². The number of nitrogens with zero attached hydrogens (tertiary/aromatic N) is 5.